The van der Waals surface area contributed by atoms with Crippen molar-refractivity contribution in [3.8, 4) is 0 Å². The number of methoxy groups -OCH3 is 1. The molecule has 3 aromatic rings. The molecule has 0 spiro atoms. The number of hydrogen-bond donors (Lipinski definition) is 0. The molecule has 1 atom stereocenters. The van der Waals surface area contributed by atoms with Crippen LogP contribution in [0.3, 0.4) is 0 Å². The van der Waals surface area contributed by atoms with Crippen molar-refractivity contribution in [1.82, 2.24) is 4.90 Å². The lowest BCUT2D eigenvalue weighted by atomic mass is 9.83. The van der Waals surface area contributed by atoms with Crippen LogP contribution in [-0.4, -0.2) is 51.1 Å². The number of hydrogen-bond acceptors (Lipinski definition) is 6. The van der Waals surface area contributed by atoms with Crippen molar-refractivity contribution >= 4 is 23.3 Å². The first-order chi connectivity index (χ1) is 19.1. The molecule has 40 heavy (non-hydrogen) atoms. The Hall–Kier alpha value is -4.00. The molecule has 0 saturated carbocycles. The van der Waals surface area contributed by atoms with Crippen molar-refractivity contribution in [3.63, 3.8) is 0 Å². The molecule has 0 bridgehead atoms. The van der Waals surface area contributed by atoms with E-state index >= 15 is 0 Å². The number of fused-ring (bicyclic) bond motifs is 1. The van der Waals surface area contributed by atoms with Gasteiger partial charge in [0, 0.05) is 38.7 Å². The number of amides is 1. The van der Waals surface area contributed by atoms with Gasteiger partial charge in [0.15, 0.2) is 0 Å². The second-order valence-electron chi connectivity index (χ2n) is 10.7. The highest BCUT2D eigenvalue weighted by molar-refractivity contribution is 5.94. The van der Waals surface area contributed by atoms with Crippen LogP contribution in [0.4, 0.5) is 11.4 Å². The molecule has 0 N–H and O–H groups in total. The average Bonchev–Trinajstić information content (AvgIpc) is 2.95. The first-order valence-electron chi connectivity index (χ1n) is 13.9. The van der Waals surface area contributed by atoms with Crippen LogP contribution in [-0.2, 0) is 22.5 Å². The van der Waals surface area contributed by atoms with Gasteiger partial charge in [-0.15, -0.1) is 0 Å². The molecule has 0 fully saturated rings. The second kappa shape index (κ2) is 12.5. The summed E-state index contributed by atoms with van der Waals surface area (Å²) in [7, 11) is 5.39. The van der Waals surface area contributed by atoms with Gasteiger partial charge in [-0.25, -0.2) is 0 Å². The molecule has 0 radical (unpaired) electrons. The summed E-state index contributed by atoms with van der Waals surface area (Å²) in [6, 6.07) is 16.4. The Labute approximate surface area is 237 Å². The van der Waals surface area contributed by atoms with E-state index in [1.165, 1.54) is 18.2 Å². The third-order valence-corrected chi connectivity index (χ3v) is 7.91. The third kappa shape index (κ3) is 6.09. The van der Waals surface area contributed by atoms with Crippen molar-refractivity contribution in [2.45, 2.75) is 53.0 Å². The summed E-state index contributed by atoms with van der Waals surface area (Å²) in [6.45, 7) is 9.89. The van der Waals surface area contributed by atoms with E-state index in [1.54, 1.807) is 0 Å². The summed E-state index contributed by atoms with van der Waals surface area (Å²) in [5, 5.41) is 8.83. The van der Waals surface area contributed by atoms with E-state index in [4.69, 9.17) is 4.74 Å². The maximum atomic E-state index is 13.4. The Morgan fingerprint density at radius 2 is 1.77 bits per heavy atom. The van der Waals surface area contributed by atoms with Gasteiger partial charge >= 0.3 is 5.97 Å². The summed E-state index contributed by atoms with van der Waals surface area (Å²) in [6.07, 6.45) is 0.999. The summed E-state index contributed by atoms with van der Waals surface area (Å²) in [5.41, 5.74) is 10.2. The quantitative estimate of drug-likeness (QED) is 0.236. The van der Waals surface area contributed by atoms with Gasteiger partial charge in [-0.05, 0) is 91.3 Å². The van der Waals surface area contributed by atoms with Crippen LogP contribution in [0.15, 0.2) is 58.8 Å². The smallest absolute Gasteiger partial charge is 0.306 e. The number of esters is 1. The Bertz CT molecular complexity index is 1440. The van der Waals surface area contributed by atoms with Gasteiger partial charge < -0.3 is 14.5 Å². The zero-order valence-electron chi connectivity index (χ0n) is 24.7. The number of carbonyl (C=O) groups excluding carboxylic acids is 2. The highest BCUT2D eigenvalue weighted by Crippen LogP contribution is 2.40. The Morgan fingerprint density at radius 1 is 1.00 bits per heavy atom. The van der Waals surface area contributed by atoms with Crippen LogP contribution < -0.4 is 4.90 Å². The number of nitrogens with zero attached hydrogens (tertiary/aromatic N) is 4. The topological polar surface area (TPSA) is 74.6 Å². The van der Waals surface area contributed by atoms with Crippen molar-refractivity contribution in [1.29, 1.82) is 0 Å². The van der Waals surface area contributed by atoms with Gasteiger partial charge in [-0.3, -0.25) is 9.59 Å². The molecule has 1 aliphatic rings. The molecule has 1 heterocycles. The van der Waals surface area contributed by atoms with Gasteiger partial charge in [-0.1, -0.05) is 30.3 Å². The number of rotatable bonds is 8. The van der Waals surface area contributed by atoms with E-state index in [2.05, 4.69) is 41.4 Å². The van der Waals surface area contributed by atoms with Crippen molar-refractivity contribution in [2.75, 3.05) is 39.2 Å². The monoisotopic (exact) mass is 540 g/mol. The lowest BCUT2D eigenvalue weighted by Gasteiger charge is -2.30. The number of azo groups is 1. The molecule has 0 aromatic heterocycles. The second-order valence-corrected chi connectivity index (χ2v) is 10.7. The Balaban J connectivity index is 1.72. The maximum Gasteiger partial charge on any atom is 0.306 e. The summed E-state index contributed by atoms with van der Waals surface area (Å²) in [4.78, 5) is 30.0. The fourth-order valence-electron chi connectivity index (χ4n) is 5.39. The molecule has 210 valence electrons. The molecular formula is C33H40N4O3. The van der Waals surface area contributed by atoms with Gasteiger partial charge in [0.25, 0.3) is 5.91 Å². The number of carbonyl (C=O) groups is 2. The van der Waals surface area contributed by atoms with E-state index in [0.29, 0.717) is 19.6 Å². The molecule has 4 rings (SSSR count). The first kappa shape index (κ1) is 29.0. The summed E-state index contributed by atoms with van der Waals surface area (Å²) >= 11 is 0. The predicted molar refractivity (Wildman–Crippen MR) is 160 cm³/mol. The van der Waals surface area contributed by atoms with Gasteiger partial charge in [0.05, 0.1) is 25.8 Å². The minimum absolute atomic E-state index is 0.0475. The molecule has 1 aliphatic heterocycles. The zero-order valence-corrected chi connectivity index (χ0v) is 24.7. The molecule has 7 nitrogen and oxygen atoms in total. The number of ether oxygens (including phenoxy) is 1. The third-order valence-electron chi connectivity index (χ3n) is 7.91. The highest BCUT2D eigenvalue weighted by atomic mass is 16.5. The predicted octanol–water partition coefficient (Wildman–Crippen LogP) is 6.67. The normalized spacial score (nSPS) is 13.7. The van der Waals surface area contributed by atoms with Crippen molar-refractivity contribution in [2.24, 2.45) is 10.2 Å². The minimum atomic E-state index is -0.276. The lowest BCUT2D eigenvalue weighted by Crippen LogP contribution is -2.36. The molecule has 3 aromatic carbocycles. The molecular weight excluding hydrogens is 500 g/mol. The lowest BCUT2D eigenvalue weighted by molar-refractivity contribution is -0.140. The van der Waals surface area contributed by atoms with E-state index in [-0.39, 0.29) is 24.2 Å². The van der Waals surface area contributed by atoms with Crippen LogP contribution in [0.2, 0.25) is 0 Å². The molecule has 7 heteroatoms. The summed E-state index contributed by atoms with van der Waals surface area (Å²) in [5.74, 6) is -0.455. The SMILES string of the molecule is CCN=Nc1c(N(C)C)ccc([C@@H](CC(=O)OC)c2ccc3c(c2)CN(C(=O)c2ccc(C)c(C)c2)CC3)c1C. The maximum absolute atomic E-state index is 13.4. The largest absolute Gasteiger partial charge is 0.469 e. The highest BCUT2D eigenvalue weighted by Gasteiger charge is 2.27. The fraction of sp³-hybridized carbons (Fsp3) is 0.394. The van der Waals surface area contributed by atoms with E-state index in [9.17, 15) is 9.59 Å². The fourth-order valence-corrected chi connectivity index (χ4v) is 5.39. The standard InChI is InChI=1S/C33H40N4O3/c1-8-34-35-32-23(4)28(13-14-30(32)36(5)6)29(19-31(38)40-7)25-12-11-24-15-16-37(20-27(24)18-25)33(39)26-10-9-21(2)22(3)17-26/h9-14,17-18,29H,8,15-16,19-20H2,1-7H3/t29-/m0/s1. The van der Waals surface area contributed by atoms with Crippen molar-refractivity contribution < 1.29 is 14.3 Å². The van der Waals surface area contributed by atoms with Crippen LogP contribution >= 0.6 is 0 Å². The van der Waals surface area contributed by atoms with E-state index in [1.807, 2.05) is 68.9 Å². The number of aryl methyl sites for hydroxylation is 2. The zero-order chi connectivity index (χ0) is 29.0. The van der Waals surface area contributed by atoms with Crippen molar-refractivity contribution in [3.05, 3.63) is 93.0 Å². The van der Waals surface area contributed by atoms with Gasteiger partial charge in [-0.2, -0.15) is 10.2 Å². The molecule has 1 amide bonds. The number of benzene rings is 3. The van der Waals surface area contributed by atoms with Crippen LogP contribution in [0.25, 0.3) is 0 Å². The van der Waals surface area contributed by atoms with Gasteiger partial charge in [0.1, 0.15) is 5.69 Å². The molecule has 0 unspecified atom stereocenters. The first-order valence-corrected chi connectivity index (χ1v) is 13.9. The number of anilines is 1. The van der Waals surface area contributed by atoms with E-state index < -0.39 is 0 Å². The minimum Gasteiger partial charge on any atom is -0.469 e. The van der Waals surface area contributed by atoms with E-state index in [0.717, 1.165) is 51.2 Å². The van der Waals surface area contributed by atoms with Crippen LogP contribution in [0, 0.1) is 20.8 Å². The Morgan fingerprint density at radius 3 is 2.45 bits per heavy atom. The van der Waals surface area contributed by atoms with Crippen LogP contribution in [0.5, 0.6) is 0 Å². The van der Waals surface area contributed by atoms with Gasteiger partial charge in [0.2, 0.25) is 0 Å². The van der Waals surface area contributed by atoms with Crippen LogP contribution in [0.1, 0.15) is 68.6 Å². The Kier molecular flexibility index (Phi) is 9.03. The summed E-state index contributed by atoms with van der Waals surface area (Å²) < 4.78 is 5.11. The molecule has 0 saturated heterocycles. The molecule has 0 aliphatic carbocycles. The average molecular weight is 541 g/mol.